The molecular weight excluding hydrogens is 254 g/mol. The molecule has 1 amide bonds. The lowest BCUT2D eigenvalue weighted by atomic mass is 10.2. The summed E-state index contributed by atoms with van der Waals surface area (Å²) in [5.41, 5.74) is 2.73. The third kappa shape index (κ3) is 2.89. The van der Waals surface area contributed by atoms with E-state index in [4.69, 9.17) is 0 Å². The molecule has 0 unspecified atom stereocenters. The van der Waals surface area contributed by atoms with Crippen LogP contribution in [0.15, 0.2) is 12.3 Å². The Morgan fingerprint density at radius 2 is 2.20 bits per heavy atom. The SMILES string of the molecule is Cc1nn(C)c2ncc(N[C@H](C)CC(=O)N(C)C)cc12. The minimum absolute atomic E-state index is 0.0566. The van der Waals surface area contributed by atoms with E-state index >= 15 is 0 Å². The van der Waals surface area contributed by atoms with Gasteiger partial charge >= 0.3 is 0 Å². The van der Waals surface area contributed by atoms with Crippen LogP contribution in [-0.4, -0.2) is 45.7 Å². The average Bonchev–Trinajstić information content (AvgIpc) is 2.64. The lowest BCUT2D eigenvalue weighted by Gasteiger charge is -2.17. The second-order valence-electron chi connectivity index (χ2n) is 5.34. The molecule has 2 aromatic heterocycles. The molecule has 1 N–H and O–H groups in total. The molecule has 0 fully saturated rings. The van der Waals surface area contributed by atoms with Crippen molar-refractivity contribution in [2.24, 2.45) is 7.05 Å². The highest BCUT2D eigenvalue weighted by Gasteiger charge is 2.12. The number of aromatic nitrogens is 3. The smallest absolute Gasteiger partial charge is 0.224 e. The lowest BCUT2D eigenvalue weighted by molar-refractivity contribution is -0.128. The van der Waals surface area contributed by atoms with Crippen LogP contribution < -0.4 is 5.32 Å². The molecule has 6 nitrogen and oxygen atoms in total. The standard InChI is InChI=1S/C14H21N5O/c1-9(6-13(20)18(3)4)16-11-7-12-10(2)17-19(5)14(12)15-8-11/h7-9,16H,6H2,1-5H3/t9-/m1/s1. The van der Waals surface area contributed by atoms with Gasteiger partial charge in [-0.25, -0.2) is 4.98 Å². The normalized spacial score (nSPS) is 12.4. The topological polar surface area (TPSA) is 63.1 Å². The number of nitrogens with one attached hydrogen (secondary N) is 1. The van der Waals surface area contributed by atoms with Gasteiger partial charge < -0.3 is 10.2 Å². The van der Waals surface area contributed by atoms with Crippen molar-refractivity contribution in [1.29, 1.82) is 0 Å². The average molecular weight is 275 g/mol. The summed E-state index contributed by atoms with van der Waals surface area (Å²) in [4.78, 5) is 17.7. The highest BCUT2D eigenvalue weighted by Crippen LogP contribution is 2.20. The number of hydrogen-bond donors (Lipinski definition) is 1. The first-order valence-corrected chi connectivity index (χ1v) is 6.64. The zero-order valence-electron chi connectivity index (χ0n) is 12.6. The molecule has 0 bridgehead atoms. The molecule has 20 heavy (non-hydrogen) atoms. The predicted octanol–water partition coefficient (Wildman–Crippen LogP) is 1.56. The summed E-state index contributed by atoms with van der Waals surface area (Å²) < 4.78 is 1.77. The summed E-state index contributed by atoms with van der Waals surface area (Å²) in [5.74, 6) is 0.108. The van der Waals surface area contributed by atoms with E-state index in [0.29, 0.717) is 6.42 Å². The van der Waals surface area contributed by atoms with E-state index < -0.39 is 0 Å². The Morgan fingerprint density at radius 1 is 1.50 bits per heavy atom. The maximum absolute atomic E-state index is 11.7. The van der Waals surface area contributed by atoms with Crippen LogP contribution in [0.2, 0.25) is 0 Å². The van der Waals surface area contributed by atoms with E-state index in [0.717, 1.165) is 22.4 Å². The quantitative estimate of drug-likeness (QED) is 0.919. The highest BCUT2D eigenvalue weighted by molar-refractivity contribution is 5.81. The zero-order chi connectivity index (χ0) is 14.9. The molecule has 0 aromatic carbocycles. The maximum Gasteiger partial charge on any atom is 0.224 e. The van der Waals surface area contributed by atoms with Crippen molar-refractivity contribution in [3.05, 3.63) is 18.0 Å². The molecule has 6 heteroatoms. The van der Waals surface area contributed by atoms with E-state index in [1.165, 1.54) is 0 Å². The second-order valence-corrected chi connectivity index (χ2v) is 5.34. The van der Waals surface area contributed by atoms with E-state index in [-0.39, 0.29) is 11.9 Å². The third-order valence-corrected chi connectivity index (χ3v) is 3.26. The van der Waals surface area contributed by atoms with Gasteiger partial charge in [-0.15, -0.1) is 0 Å². The van der Waals surface area contributed by atoms with Gasteiger partial charge in [0.15, 0.2) is 5.65 Å². The van der Waals surface area contributed by atoms with Crippen LogP contribution >= 0.6 is 0 Å². The number of hydrogen-bond acceptors (Lipinski definition) is 4. The maximum atomic E-state index is 11.7. The number of aryl methyl sites for hydroxylation is 2. The summed E-state index contributed by atoms with van der Waals surface area (Å²) >= 11 is 0. The van der Waals surface area contributed by atoms with E-state index in [1.807, 2.05) is 27.0 Å². The minimum Gasteiger partial charge on any atom is -0.381 e. The Hall–Kier alpha value is -2.11. The second kappa shape index (κ2) is 5.48. The molecule has 2 heterocycles. The highest BCUT2D eigenvalue weighted by atomic mass is 16.2. The van der Waals surface area contributed by atoms with Crippen molar-refractivity contribution in [2.45, 2.75) is 26.3 Å². The molecule has 0 saturated heterocycles. The molecular formula is C14H21N5O. The van der Waals surface area contributed by atoms with Gasteiger partial charge in [0, 0.05) is 39.0 Å². The summed E-state index contributed by atoms with van der Waals surface area (Å²) in [7, 11) is 5.41. The first-order valence-electron chi connectivity index (χ1n) is 6.64. The molecule has 108 valence electrons. The number of pyridine rings is 1. The number of anilines is 1. The lowest BCUT2D eigenvalue weighted by Crippen LogP contribution is -2.28. The van der Waals surface area contributed by atoms with Crippen molar-refractivity contribution in [3.8, 4) is 0 Å². The van der Waals surface area contributed by atoms with Crippen molar-refractivity contribution >= 4 is 22.6 Å². The number of amides is 1. The molecule has 2 aromatic rings. The van der Waals surface area contributed by atoms with Gasteiger partial charge in [0.05, 0.1) is 17.6 Å². The van der Waals surface area contributed by atoms with Gasteiger partial charge in [0.25, 0.3) is 0 Å². The Bertz CT molecular complexity index is 632. The number of carbonyl (C=O) groups is 1. The molecule has 0 aliphatic rings. The van der Waals surface area contributed by atoms with Crippen LogP contribution in [0.5, 0.6) is 0 Å². The Labute approximate surface area is 118 Å². The Balaban J connectivity index is 2.14. The van der Waals surface area contributed by atoms with E-state index in [1.54, 1.807) is 29.9 Å². The number of carbonyl (C=O) groups excluding carboxylic acids is 1. The predicted molar refractivity (Wildman–Crippen MR) is 79.6 cm³/mol. The summed E-state index contributed by atoms with van der Waals surface area (Å²) in [5, 5.41) is 8.69. The fraction of sp³-hybridized carbons (Fsp3) is 0.500. The van der Waals surface area contributed by atoms with Crippen molar-refractivity contribution < 1.29 is 4.79 Å². The van der Waals surface area contributed by atoms with Crippen LogP contribution in [0.25, 0.3) is 11.0 Å². The summed E-state index contributed by atoms with van der Waals surface area (Å²) in [6.45, 7) is 3.95. The number of rotatable bonds is 4. The molecule has 0 aliphatic carbocycles. The van der Waals surface area contributed by atoms with Crippen LogP contribution in [0, 0.1) is 6.92 Å². The monoisotopic (exact) mass is 275 g/mol. The largest absolute Gasteiger partial charge is 0.381 e. The molecule has 0 radical (unpaired) electrons. The molecule has 0 saturated carbocycles. The Kier molecular flexibility index (Phi) is 3.92. The van der Waals surface area contributed by atoms with E-state index in [2.05, 4.69) is 15.4 Å². The van der Waals surface area contributed by atoms with Gasteiger partial charge in [-0.05, 0) is 19.9 Å². The van der Waals surface area contributed by atoms with Gasteiger partial charge in [0.2, 0.25) is 5.91 Å². The van der Waals surface area contributed by atoms with E-state index in [9.17, 15) is 4.79 Å². The van der Waals surface area contributed by atoms with Gasteiger partial charge in [-0.3, -0.25) is 9.48 Å². The fourth-order valence-corrected chi connectivity index (χ4v) is 2.17. The van der Waals surface area contributed by atoms with Crippen LogP contribution in [-0.2, 0) is 11.8 Å². The summed E-state index contributed by atoms with van der Waals surface area (Å²) in [6.07, 6.45) is 2.23. The molecule has 0 spiro atoms. The molecule has 0 aliphatic heterocycles. The number of nitrogens with zero attached hydrogens (tertiary/aromatic N) is 4. The van der Waals surface area contributed by atoms with Gasteiger partial charge in [0.1, 0.15) is 0 Å². The third-order valence-electron chi connectivity index (χ3n) is 3.26. The van der Waals surface area contributed by atoms with Gasteiger partial charge in [-0.1, -0.05) is 0 Å². The van der Waals surface area contributed by atoms with Crippen molar-refractivity contribution in [3.63, 3.8) is 0 Å². The minimum atomic E-state index is 0.0566. The molecule has 2 rings (SSSR count). The molecule has 1 atom stereocenters. The first-order chi connectivity index (χ1) is 9.38. The fourth-order valence-electron chi connectivity index (χ4n) is 2.17. The van der Waals surface area contributed by atoms with Crippen LogP contribution in [0.4, 0.5) is 5.69 Å². The Morgan fingerprint density at radius 3 is 2.85 bits per heavy atom. The number of fused-ring (bicyclic) bond motifs is 1. The van der Waals surface area contributed by atoms with Gasteiger partial charge in [-0.2, -0.15) is 5.10 Å². The van der Waals surface area contributed by atoms with Crippen LogP contribution in [0.1, 0.15) is 19.0 Å². The van der Waals surface area contributed by atoms with Crippen LogP contribution in [0.3, 0.4) is 0 Å². The van der Waals surface area contributed by atoms with Crippen molar-refractivity contribution in [1.82, 2.24) is 19.7 Å². The van der Waals surface area contributed by atoms with Crippen molar-refractivity contribution in [2.75, 3.05) is 19.4 Å². The zero-order valence-corrected chi connectivity index (χ0v) is 12.6. The first kappa shape index (κ1) is 14.3. The summed E-state index contributed by atoms with van der Waals surface area (Å²) in [6, 6.07) is 2.09.